The lowest BCUT2D eigenvalue weighted by atomic mass is 10.0. The minimum absolute atomic E-state index is 0.135. The molecule has 2 aromatic rings. The van der Waals surface area contributed by atoms with E-state index in [0.29, 0.717) is 25.5 Å². The number of nitrogens with one attached hydrogen (secondary N) is 1. The maximum atomic E-state index is 12.4. The van der Waals surface area contributed by atoms with Crippen molar-refractivity contribution in [3.8, 4) is 0 Å². The number of hydrogen-bond acceptors (Lipinski definition) is 5. The summed E-state index contributed by atoms with van der Waals surface area (Å²) in [6.45, 7) is 3.65. The van der Waals surface area contributed by atoms with Crippen molar-refractivity contribution in [2.45, 2.75) is 25.0 Å². The fourth-order valence-electron chi connectivity index (χ4n) is 3.69. The Kier molecular flexibility index (Phi) is 5.36. The summed E-state index contributed by atoms with van der Waals surface area (Å²) in [6.07, 6.45) is 4.19. The average Bonchev–Trinajstić information content (AvgIpc) is 3.17. The number of aromatic nitrogens is 1. The molecule has 0 radical (unpaired) electrons. The molecule has 6 nitrogen and oxygen atoms in total. The van der Waals surface area contributed by atoms with Crippen LogP contribution < -0.4 is 10.2 Å². The van der Waals surface area contributed by atoms with Crippen LogP contribution in [0.4, 0.5) is 5.69 Å². The number of piperidine rings is 1. The molecule has 1 spiro atoms. The van der Waals surface area contributed by atoms with E-state index in [0.717, 1.165) is 38.0 Å². The summed E-state index contributed by atoms with van der Waals surface area (Å²) in [5, 5.41) is 2.96. The Morgan fingerprint density at radius 2 is 1.85 bits per heavy atom. The van der Waals surface area contributed by atoms with Crippen LogP contribution in [-0.2, 0) is 15.9 Å². The van der Waals surface area contributed by atoms with Crippen LogP contribution in [0.2, 0.25) is 0 Å². The number of rotatable bonds is 5. The summed E-state index contributed by atoms with van der Waals surface area (Å²) < 4.78 is 11.6. The number of carbonyl (C=O) groups is 1. The van der Waals surface area contributed by atoms with Crippen LogP contribution >= 0.6 is 0 Å². The van der Waals surface area contributed by atoms with Gasteiger partial charge in [0.2, 0.25) is 0 Å². The standard InChI is InChI=1S/C21H25N3O3/c25-20(23-10-6-17-4-2-1-3-5-17)19-16-18(7-11-22-19)24-12-8-21(9-13-24)26-14-15-27-21/h1-5,7,11,16H,6,8-10,12-15H2,(H,23,25). The summed E-state index contributed by atoms with van der Waals surface area (Å²) in [4.78, 5) is 18.9. The average molecular weight is 367 g/mol. The first-order chi connectivity index (χ1) is 13.2. The molecule has 1 N–H and O–H groups in total. The highest BCUT2D eigenvalue weighted by Crippen LogP contribution is 2.33. The third-order valence-corrected chi connectivity index (χ3v) is 5.22. The van der Waals surface area contributed by atoms with Crippen LogP contribution in [-0.4, -0.2) is 49.5 Å². The molecule has 0 unspecified atom stereocenters. The predicted octanol–water partition coefficient (Wildman–Crippen LogP) is 2.40. The fraction of sp³-hybridized carbons (Fsp3) is 0.429. The van der Waals surface area contributed by atoms with Crippen molar-refractivity contribution in [3.63, 3.8) is 0 Å². The second-order valence-electron chi connectivity index (χ2n) is 6.99. The first kappa shape index (κ1) is 17.9. The van der Waals surface area contributed by atoms with E-state index in [1.54, 1.807) is 6.20 Å². The monoisotopic (exact) mass is 367 g/mol. The Morgan fingerprint density at radius 3 is 2.59 bits per heavy atom. The second kappa shape index (κ2) is 8.06. The summed E-state index contributed by atoms with van der Waals surface area (Å²) >= 11 is 0. The second-order valence-corrected chi connectivity index (χ2v) is 6.99. The molecule has 2 aliphatic heterocycles. The van der Waals surface area contributed by atoms with Gasteiger partial charge in [-0.25, -0.2) is 0 Å². The molecule has 0 atom stereocenters. The van der Waals surface area contributed by atoms with Crippen molar-refractivity contribution >= 4 is 11.6 Å². The third-order valence-electron chi connectivity index (χ3n) is 5.22. The summed E-state index contributed by atoms with van der Waals surface area (Å²) in [7, 11) is 0. The van der Waals surface area contributed by atoms with E-state index in [1.165, 1.54) is 5.56 Å². The zero-order valence-electron chi connectivity index (χ0n) is 15.4. The van der Waals surface area contributed by atoms with E-state index in [9.17, 15) is 4.79 Å². The maximum Gasteiger partial charge on any atom is 0.269 e. The molecule has 2 fully saturated rings. The number of anilines is 1. The van der Waals surface area contributed by atoms with E-state index in [1.807, 2.05) is 30.3 Å². The van der Waals surface area contributed by atoms with Gasteiger partial charge >= 0.3 is 0 Å². The number of nitrogens with zero attached hydrogens (tertiary/aromatic N) is 2. The zero-order chi connectivity index (χ0) is 18.5. The van der Waals surface area contributed by atoms with Gasteiger partial charge in [-0.3, -0.25) is 9.78 Å². The molecule has 3 heterocycles. The lowest BCUT2D eigenvalue weighted by Crippen LogP contribution is -2.45. The molecular formula is C21H25N3O3. The molecule has 1 aromatic heterocycles. The number of amides is 1. The van der Waals surface area contributed by atoms with Crippen LogP contribution in [0.15, 0.2) is 48.7 Å². The Hall–Kier alpha value is -2.44. The van der Waals surface area contributed by atoms with Crippen LogP contribution in [0.5, 0.6) is 0 Å². The van der Waals surface area contributed by atoms with Crippen LogP contribution in [0, 0.1) is 0 Å². The van der Waals surface area contributed by atoms with Gasteiger partial charge in [0.1, 0.15) is 5.69 Å². The van der Waals surface area contributed by atoms with Crippen molar-refractivity contribution in [2.75, 3.05) is 37.7 Å². The molecular weight excluding hydrogens is 342 g/mol. The molecule has 142 valence electrons. The molecule has 0 saturated carbocycles. The van der Waals surface area contributed by atoms with Gasteiger partial charge in [0.25, 0.3) is 5.91 Å². The number of pyridine rings is 1. The zero-order valence-corrected chi connectivity index (χ0v) is 15.4. The van der Waals surface area contributed by atoms with Crippen molar-refractivity contribution < 1.29 is 14.3 Å². The molecule has 0 bridgehead atoms. The Morgan fingerprint density at radius 1 is 1.11 bits per heavy atom. The minimum Gasteiger partial charge on any atom is -0.371 e. The largest absolute Gasteiger partial charge is 0.371 e. The Labute approximate surface area is 159 Å². The van der Waals surface area contributed by atoms with Crippen LogP contribution in [0.25, 0.3) is 0 Å². The molecule has 0 aliphatic carbocycles. The molecule has 1 amide bonds. The van der Waals surface area contributed by atoms with E-state index in [4.69, 9.17) is 9.47 Å². The molecule has 6 heteroatoms. The van der Waals surface area contributed by atoms with Gasteiger partial charge in [0, 0.05) is 44.4 Å². The molecule has 4 rings (SSSR count). The summed E-state index contributed by atoms with van der Waals surface area (Å²) in [6, 6.07) is 13.9. The summed E-state index contributed by atoms with van der Waals surface area (Å²) in [5.41, 5.74) is 2.68. The van der Waals surface area contributed by atoms with Gasteiger partial charge in [-0.2, -0.15) is 0 Å². The summed E-state index contributed by atoms with van der Waals surface area (Å²) in [5.74, 6) is -0.523. The minimum atomic E-state index is -0.388. The van der Waals surface area contributed by atoms with Gasteiger partial charge < -0.3 is 19.7 Å². The first-order valence-electron chi connectivity index (χ1n) is 9.55. The van der Waals surface area contributed by atoms with Gasteiger partial charge in [-0.1, -0.05) is 30.3 Å². The number of ether oxygens (including phenoxy) is 2. The quantitative estimate of drug-likeness (QED) is 0.879. The number of hydrogen-bond donors (Lipinski definition) is 1. The number of benzene rings is 1. The van der Waals surface area contributed by atoms with Gasteiger partial charge in [-0.15, -0.1) is 0 Å². The highest BCUT2D eigenvalue weighted by molar-refractivity contribution is 5.93. The van der Waals surface area contributed by atoms with Gasteiger partial charge in [-0.05, 0) is 24.1 Å². The Balaban J connectivity index is 1.32. The number of carbonyl (C=O) groups excluding carboxylic acids is 1. The first-order valence-corrected chi connectivity index (χ1v) is 9.55. The highest BCUT2D eigenvalue weighted by atomic mass is 16.7. The lowest BCUT2D eigenvalue weighted by molar-refractivity contribution is -0.169. The lowest BCUT2D eigenvalue weighted by Gasteiger charge is -2.38. The smallest absolute Gasteiger partial charge is 0.269 e. The third kappa shape index (κ3) is 4.28. The SMILES string of the molecule is O=C(NCCc1ccccc1)c1cc(N2CCC3(CC2)OCCO3)ccn1. The molecule has 2 saturated heterocycles. The molecule has 2 aliphatic rings. The van der Waals surface area contributed by atoms with Crippen LogP contribution in [0.3, 0.4) is 0 Å². The topological polar surface area (TPSA) is 63.7 Å². The molecule has 27 heavy (non-hydrogen) atoms. The predicted molar refractivity (Wildman–Crippen MR) is 103 cm³/mol. The van der Waals surface area contributed by atoms with Crippen molar-refractivity contribution in [2.24, 2.45) is 0 Å². The van der Waals surface area contributed by atoms with Crippen molar-refractivity contribution in [3.05, 3.63) is 59.9 Å². The van der Waals surface area contributed by atoms with E-state index >= 15 is 0 Å². The van der Waals surface area contributed by atoms with Crippen LogP contribution in [0.1, 0.15) is 28.9 Å². The maximum absolute atomic E-state index is 12.4. The van der Waals surface area contributed by atoms with Gasteiger partial charge in [0.15, 0.2) is 5.79 Å². The highest BCUT2D eigenvalue weighted by Gasteiger charge is 2.39. The van der Waals surface area contributed by atoms with Crippen molar-refractivity contribution in [1.82, 2.24) is 10.3 Å². The normalized spacial score (nSPS) is 18.6. The van der Waals surface area contributed by atoms with Crippen molar-refractivity contribution in [1.29, 1.82) is 0 Å². The fourth-order valence-corrected chi connectivity index (χ4v) is 3.69. The molecule has 1 aromatic carbocycles. The van der Waals surface area contributed by atoms with E-state index in [2.05, 4.69) is 27.3 Å². The van der Waals surface area contributed by atoms with E-state index in [-0.39, 0.29) is 11.7 Å². The Bertz CT molecular complexity index is 765. The van der Waals surface area contributed by atoms with Gasteiger partial charge in [0.05, 0.1) is 13.2 Å². The van der Waals surface area contributed by atoms with E-state index < -0.39 is 0 Å².